The molecule has 0 bridgehead atoms. The second-order valence-electron chi connectivity index (χ2n) is 7.05. The number of hydrogen-bond donors (Lipinski definition) is 1. The molecule has 4 rings (SSSR count). The van der Waals surface area contributed by atoms with Crippen molar-refractivity contribution in [3.05, 3.63) is 118 Å². The van der Waals surface area contributed by atoms with Crippen molar-refractivity contribution in [2.24, 2.45) is 7.05 Å². The molecule has 156 valence electrons. The lowest BCUT2D eigenvalue weighted by atomic mass is 10.1. The maximum Gasteiger partial charge on any atom is 0.272 e. The van der Waals surface area contributed by atoms with Gasteiger partial charge in [-0.25, -0.2) is 14.1 Å². The van der Waals surface area contributed by atoms with Crippen molar-refractivity contribution < 1.29 is 9.18 Å². The molecule has 4 aromatic rings. The molecular formula is C23H20FN5O2. The van der Waals surface area contributed by atoms with Crippen LogP contribution in [0.25, 0.3) is 0 Å². The Hall–Kier alpha value is -4.07. The van der Waals surface area contributed by atoms with Gasteiger partial charge in [0, 0.05) is 25.5 Å². The van der Waals surface area contributed by atoms with Crippen molar-refractivity contribution in [2.75, 3.05) is 0 Å². The number of imidazole rings is 1. The molecule has 1 atom stereocenters. The van der Waals surface area contributed by atoms with E-state index in [4.69, 9.17) is 0 Å². The van der Waals surface area contributed by atoms with Crippen molar-refractivity contribution in [2.45, 2.75) is 12.6 Å². The summed E-state index contributed by atoms with van der Waals surface area (Å²) in [4.78, 5) is 29.6. The average molecular weight is 417 g/mol. The van der Waals surface area contributed by atoms with E-state index in [-0.39, 0.29) is 23.6 Å². The Kier molecular flexibility index (Phi) is 5.70. The first-order chi connectivity index (χ1) is 15.0. The number of hydrogen-bond acceptors (Lipinski definition) is 4. The van der Waals surface area contributed by atoms with E-state index in [2.05, 4.69) is 15.4 Å². The van der Waals surface area contributed by atoms with Crippen LogP contribution in [-0.2, 0) is 13.6 Å². The van der Waals surface area contributed by atoms with E-state index in [1.807, 2.05) is 37.4 Å². The molecule has 31 heavy (non-hydrogen) atoms. The van der Waals surface area contributed by atoms with Gasteiger partial charge >= 0.3 is 0 Å². The first-order valence-electron chi connectivity index (χ1n) is 9.67. The standard InChI is InChI=1S/C23H20FN5O2/c1-28-14-13-25-22(28)21(17-7-9-18(24)10-8-17)26-23(31)19-11-12-20(30)29(27-19)15-16-5-3-2-4-6-16/h2-14,21H,15H2,1H3,(H,26,31)/t21-/m0/s1. The highest BCUT2D eigenvalue weighted by molar-refractivity contribution is 5.92. The summed E-state index contributed by atoms with van der Waals surface area (Å²) in [6, 6.07) is 17.3. The summed E-state index contributed by atoms with van der Waals surface area (Å²) in [7, 11) is 1.81. The van der Waals surface area contributed by atoms with Crippen LogP contribution in [0.15, 0.2) is 83.9 Å². The van der Waals surface area contributed by atoms with Gasteiger partial charge in [0.25, 0.3) is 11.5 Å². The molecule has 1 amide bonds. The van der Waals surface area contributed by atoms with Crippen molar-refractivity contribution in [3.63, 3.8) is 0 Å². The van der Waals surface area contributed by atoms with Gasteiger partial charge in [-0.2, -0.15) is 5.10 Å². The van der Waals surface area contributed by atoms with Crippen LogP contribution in [0.1, 0.15) is 33.5 Å². The number of nitrogens with one attached hydrogen (secondary N) is 1. The van der Waals surface area contributed by atoms with Crippen LogP contribution in [0, 0.1) is 5.82 Å². The molecule has 0 saturated heterocycles. The van der Waals surface area contributed by atoms with Crippen molar-refractivity contribution >= 4 is 5.91 Å². The third-order valence-corrected chi connectivity index (χ3v) is 4.87. The summed E-state index contributed by atoms with van der Waals surface area (Å²) < 4.78 is 16.4. The van der Waals surface area contributed by atoms with E-state index in [0.717, 1.165) is 5.56 Å². The minimum Gasteiger partial charge on any atom is -0.337 e. The minimum absolute atomic E-state index is 0.0943. The summed E-state index contributed by atoms with van der Waals surface area (Å²) >= 11 is 0. The van der Waals surface area contributed by atoms with Crippen molar-refractivity contribution in [1.82, 2.24) is 24.6 Å². The molecule has 0 radical (unpaired) electrons. The third-order valence-electron chi connectivity index (χ3n) is 4.87. The summed E-state index contributed by atoms with van der Waals surface area (Å²) in [6.45, 7) is 0.252. The van der Waals surface area contributed by atoms with Gasteiger partial charge in [-0.1, -0.05) is 42.5 Å². The summed E-state index contributed by atoms with van der Waals surface area (Å²) in [5, 5.41) is 7.14. The predicted molar refractivity (Wildman–Crippen MR) is 113 cm³/mol. The molecule has 8 heteroatoms. The molecule has 0 spiro atoms. The van der Waals surface area contributed by atoms with Crippen LogP contribution in [0.3, 0.4) is 0 Å². The molecule has 2 heterocycles. The largest absolute Gasteiger partial charge is 0.337 e. The zero-order chi connectivity index (χ0) is 21.8. The van der Waals surface area contributed by atoms with Gasteiger partial charge in [0.05, 0.1) is 6.54 Å². The maximum atomic E-state index is 13.4. The molecule has 0 fully saturated rings. The van der Waals surface area contributed by atoms with Crippen molar-refractivity contribution in [1.29, 1.82) is 0 Å². The van der Waals surface area contributed by atoms with E-state index in [0.29, 0.717) is 11.4 Å². The zero-order valence-corrected chi connectivity index (χ0v) is 16.8. The minimum atomic E-state index is -0.621. The van der Waals surface area contributed by atoms with Gasteiger partial charge in [0.2, 0.25) is 0 Å². The molecule has 1 N–H and O–H groups in total. The second kappa shape index (κ2) is 8.74. The first kappa shape index (κ1) is 20.2. The third kappa shape index (κ3) is 4.58. The van der Waals surface area contributed by atoms with E-state index < -0.39 is 11.9 Å². The highest BCUT2D eigenvalue weighted by Gasteiger charge is 2.22. The zero-order valence-electron chi connectivity index (χ0n) is 16.8. The second-order valence-corrected chi connectivity index (χ2v) is 7.05. The van der Waals surface area contributed by atoms with Gasteiger partial charge in [0.15, 0.2) is 0 Å². The lowest BCUT2D eigenvalue weighted by Gasteiger charge is -2.19. The number of carbonyl (C=O) groups is 1. The lowest BCUT2D eigenvalue weighted by Crippen LogP contribution is -2.34. The number of nitrogens with zero attached hydrogens (tertiary/aromatic N) is 4. The van der Waals surface area contributed by atoms with E-state index in [1.165, 1.54) is 28.9 Å². The Morgan fingerprint density at radius 3 is 2.48 bits per heavy atom. The molecule has 2 aromatic carbocycles. The maximum absolute atomic E-state index is 13.4. The topological polar surface area (TPSA) is 81.8 Å². The number of carbonyl (C=O) groups excluding carboxylic acids is 1. The molecular weight excluding hydrogens is 397 g/mol. The Bertz CT molecular complexity index is 1250. The normalized spacial score (nSPS) is 11.8. The number of aromatic nitrogens is 4. The van der Waals surface area contributed by atoms with E-state index in [9.17, 15) is 14.0 Å². The molecule has 0 saturated carbocycles. The van der Waals surface area contributed by atoms with Crippen LogP contribution < -0.4 is 10.9 Å². The quantitative estimate of drug-likeness (QED) is 0.523. The fourth-order valence-corrected chi connectivity index (χ4v) is 3.25. The number of aryl methyl sites for hydroxylation is 1. The smallest absolute Gasteiger partial charge is 0.272 e. The Labute approximate surface area is 177 Å². The van der Waals surface area contributed by atoms with Crippen LogP contribution in [-0.4, -0.2) is 25.2 Å². The lowest BCUT2D eigenvalue weighted by molar-refractivity contribution is 0.0933. The summed E-state index contributed by atoms with van der Waals surface area (Å²) in [5.41, 5.74) is 1.35. The molecule has 0 aliphatic rings. The molecule has 0 unspecified atom stereocenters. The van der Waals surface area contributed by atoms with Gasteiger partial charge in [-0.15, -0.1) is 0 Å². The number of amides is 1. The van der Waals surface area contributed by atoms with Crippen molar-refractivity contribution in [3.8, 4) is 0 Å². The van der Waals surface area contributed by atoms with Gasteiger partial charge in [0.1, 0.15) is 23.4 Å². The average Bonchev–Trinajstić information content (AvgIpc) is 3.20. The number of benzene rings is 2. The monoisotopic (exact) mass is 417 g/mol. The molecule has 7 nitrogen and oxygen atoms in total. The highest BCUT2D eigenvalue weighted by Crippen LogP contribution is 2.21. The Balaban J connectivity index is 1.63. The van der Waals surface area contributed by atoms with Gasteiger partial charge < -0.3 is 9.88 Å². The molecule has 2 aromatic heterocycles. The molecule has 0 aliphatic carbocycles. The summed E-state index contributed by atoms with van der Waals surface area (Å²) in [5.74, 6) is -0.264. The summed E-state index contributed by atoms with van der Waals surface area (Å²) in [6.07, 6.45) is 3.38. The Morgan fingerprint density at radius 2 is 1.81 bits per heavy atom. The molecule has 0 aliphatic heterocycles. The first-order valence-corrected chi connectivity index (χ1v) is 9.67. The van der Waals surface area contributed by atoms with Gasteiger partial charge in [-0.05, 0) is 29.3 Å². The van der Waals surface area contributed by atoms with E-state index >= 15 is 0 Å². The van der Waals surface area contributed by atoms with Gasteiger partial charge in [-0.3, -0.25) is 9.59 Å². The Morgan fingerprint density at radius 1 is 1.06 bits per heavy atom. The SMILES string of the molecule is Cn1ccnc1[C@@H](NC(=O)c1ccc(=O)n(Cc2ccccc2)n1)c1ccc(F)cc1. The fraction of sp³-hybridized carbons (Fsp3) is 0.130. The number of rotatable bonds is 6. The van der Waals surface area contributed by atoms with E-state index in [1.54, 1.807) is 29.1 Å². The predicted octanol–water partition coefficient (Wildman–Crippen LogP) is 2.68. The fourth-order valence-electron chi connectivity index (χ4n) is 3.25. The number of halogens is 1. The van der Waals surface area contributed by atoms with Crippen LogP contribution >= 0.6 is 0 Å². The highest BCUT2D eigenvalue weighted by atomic mass is 19.1. The van der Waals surface area contributed by atoms with Crippen LogP contribution in [0.4, 0.5) is 4.39 Å². The van der Waals surface area contributed by atoms with Crippen LogP contribution in [0.2, 0.25) is 0 Å². The van der Waals surface area contributed by atoms with Crippen LogP contribution in [0.5, 0.6) is 0 Å².